The molecule has 0 aromatic heterocycles. The molecule has 0 saturated heterocycles. The summed E-state index contributed by atoms with van der Waals surface area (Å²) in [7, 11) is -1.94. The lowest BCUT2D eigenvalue weighted by atomic mass is 10.4. The van der Waals surface area contributed by atoms with Crippen LogP contribution >= 0.6 is 0 Å². The van der Waals surface area contributed by atoms with Crippen molar-refractivity contribution in [2.24, 2.45) is 0 Å². The fourth-order valence-corrected chi connectivity index (χ4v) is 8.47. The molecule has 15 heavy (non-hydrogen) atoms. The van der Waals surface area contributed by atoms with Crippen molar-refractivity contribution in [2.45, 2.75) is 53.4 Å². The van der Waals surface area contributed by atoms with Gasteiger partial charge in [-0.3, -0.25) is 0 Å². The summed E-state index contributed by atoms with van der Waals surface area (Å²) in [5.41, 5.74) is 0. The van der Waals surface area contributed by atoms with Crippen molar-refractivity contribution in [1.29, 1.82) is 0 Å². The maximum atomic E-state index is 6.07. The van der Waals surface area contributed by atoms with Crippen LogP contribution in [0.2, 0.25) is 19.6 Å². The zero-order valence-electron chi connectivity index (χ0n) is 11.4. The van der Waals surface area contributed by atoms with Crippen molar-refractivity contribution in [3.8, 4) is 0 Å². The van der Waals surface area contributed by atoms with Gasteiger partial charge in [-0.15, -0.1) is 0 Å². The molecule has 0 saturated carbocycles. The van der Waals surface area contributed by atoms with E-state index in [0.29, 0.717) is 6.04 Å². The Balaban J connectivity index is 4.30. The molecule has 0 aliphatic heterocycles. The minimum absolute atomic E-state index is 0.633. The summed E-state index contributed by atoms with van der Waals surface area (Å²) in [5, 5.41) is 2.09. The molecule has 0 aliphatic carbocycles. The molecule has 3 nitrogen and oxygen atoms in total. The van der Waals surface area contributed by atoms with Crippen LogP contribution in [-0.2, 0) is 4.53 Å². The Morgan fingerprint density at radius 3 is 1.80 bits per heavy atom. The molecule has 0 N–H and O–H groups in total. The normalized spacial score (nSPS) is 14.6. The van der Waals surface area contributed by atoms with Crippen LogP contribution in [0.1, 0.15) is 27.7 Å². The van der Waals surface area contributed by atoms with Crippen molar-refractivity contribution in [3.05, 3.63) is 0 Å². The Morgan fingerprint density at radius 2 is 1.53 bits per heavy atom. The molecular weight excluding hydrogens is 220 g/mol. The van der Waals surface area contributed by atoms with Gasteiger partial charge in [0.1, 0.15) is 8.96 Å². The summed E-state index contributed by atoms with van der Waals surface area (Å²) in [5.74, 6) is 0. The van der Waals surface area contributed by atoms with Crippen LogP contribution in [0.15, 0.2) is 0 Å². The second-order valence-corrected chi connectivity index (χ2v) is 9.84. The third-order valence-electron chi connectivity index (χ3n) is 2.62. The van der Waals surface area contributed by atoms with Gasteiger partial charge in [0.15, 0.2) is 0 Å². The molecule has 0 heterocycles. The van der Waals surface area contributed by atoms with Crippen LogP contribution in [0.25, 0.3) is 0 Å². The molecule has 1 atom stereocenters. The second kappa shape index (κ2) is 7.56. The molecular formula is C10H28N2OSi2. The molecule has 0 aromatic carbocycles. The van der Waals surface area contributed by atoms with E-state index in [1.165, 1.54) is 0 Å². The van der Waals surface area contributed by atoms with Crippen LogP contribution in [0, 0.1) is 0 Å². The first-order valence-electron chi connectivity index (χ1n) is 6.13. The lowest BCUT2D eigenvalue weighted by Gasteiger charge is -2.36. The fourth-order valence-electron chi connectivity index (χ4n) is 2.08. The third-order valence-corrected chi connectivity index (χ3v) is 9.50. The highest BCUT2D eigenvalue weighted by Crippen LogP contribution is 2.08. The first-order chi connectivity index (χ1) is 6.93. The van der Waals surface area contributed by atoms with Gasteiger partial charge in [0, 0.05) is 13.1 Å². The topological polar surface area (TPSA) is 15.7 Å². The van der Waals surface area contributed by atoms with Gasteiger partial charge < -0.3 is 8.76 Å². The Bertz CT molecular complexity index is 156. The van der Waals surface area contributed by atoms with Gasteiger partial charge in [-0.05, 0) is 12.6 Å². The summed E-state index contributed by atoms with van der Waals surface area (Å²) in [6, 6.07) is 0.633. The van der Waals surface area contributed by atoms with Gasteiger partial charge in [0.25, 0.3) is 9.20 Å². The van der Waals surface area contributed by atoms with E-state index in [2.05, 4.69) is 56.6 Å². The number of nitrogens with zero attached hydrogens (tertiary/aromatic N) is 2. The Kier molecular flexibility index (Phi) is 7.72. The molecule has 0 amide bonds. The number of hydroxylamine groups is 2. The summed E-state index contributed by atoms with van der Waals surface area (Å²) in [6.07, 6.45) is 0. The molecule has 0 spiro atoms. The molecule has 0 radical (unpaired) electrons. The highest BCUT2D eigenvalue weighted by Gasteiger charge is 2.24. The van der Waals surface area contributed by atoms with Crippen molar-refractivity contribution >= 4 is 18.2 Å². The van der Waals surface area contributed by atoms with Gasteiger partial charge in [-0.2, -0.15) is 0 Å². The van der Waals surface area contributed by atoms with Gasteiger partial charge >= 0.3 is 0 Å². The predicted octanol–water partition coefficient (Wildman–Crippen LogP) is 1.80. The van der Waals surface area contributed by atoms with Gasteiger partial charge in [-0.1, -0.05) is 40.8 Å². The van der Waals surface area contributed by atoms with E-state index in [4.69, 9.17) is 4.53 Å². The van der Waals surface area contributed by atoms with E-state index in [0.717, 1.165) is 13.1 Å². The summed E-state index contributed by atoms with van der Waals surface area (Å²) < 4.78 is 8.72. The number of hydrogen-bond acceptors (Lipinski definition) is 3. The molecule has 0 rings (SSSR count). The van der Waals surface area contributed by atoms with Gasteiger partial charge in [-0.25, -0.2) is 5.06 Å². The van der Waals surface area contributed by atoms with E-state index < -0.39 is 18.2 Å². The first-order valence-corrected chi connectivity index (χ1v) is 11.1. The van der Waals surface area contributed by atoms with Crippen molar-refractivity contribution < 1.29 is 4.53 Å². The lowest BCUT2D eigenvalue weighted by Crippen LogP contribution is -2.52. The highest BCUT2D eigenvalue weighted by atomic mass is 28.4. The standard InChI is InChI=1S/C10H28N2OSi2/c1-8-11(9-2)13-15(7)12(10(3)4)14(5)6/h10,14-15H,8-9H2,1-7H3. The molecule has 0 aliphatic rings. The number of hydrogen-bond donors (Lipinski definition) is 0. The quantitative estimate of drug-likeness (QED) is 0.505. The summed E-state index contributed by atoms with van der Waals surface area (Å²) in [4.78, 5) is 0. The SMILES string of the molecule is CCN(CC)O[SiH](C)N(C(C)C)[SiH](C)C. The van der Waals surface area contributed by atoms with Gasteiger partial charge in [0.2, 0.25) is 0 Å². The van der Waals surface area contributed by atoms with Crippen LogP contribution in [-0.4, -0.2) is 46.6 Å². The van der Waals surface area contributed by atoms with Crippen LogP contribution in [0.4, 0.5) is 0 Å². The minimum atomic E-state index is -1.21. The molecule has 0 fully saturated rings. The van der Waals surface area contributed by atoms with Crippen molar-refractivity contribution in [2.75, 3.05) is 13.1 Å². The summed E-state index contributed by atoms with van der Waals surface area (Å²) in [6.45, 7) is 17.9. The minimum Gasteiger partial charge on any atom is -0.328 e. The van der Waals surface area contributed by atoms with Crippen LogP contribution < -0.4 is 0 Å². The average Bonchev–Trinajstić information content (AvgIpc) is 2.12. The fraction of sp³-hybridized carbons (Fsp3) is 1.00. The highest BCUT2D eigenvalue weighted by molar-refractivity contribution is 6.67. The maximum absolute atomic E-state index is 6.07. The van der Waals surface area contributed by atoms with E-state index in [1.807, 2.05) is 0 Å². The van der Waals surface area contributed by atoms with Crippen molar-refractivity contribution in [3.63, 3.8) is 0 Å². The molecule has 1 unspecified atom stereocenters. The predicted molar refractivity (Wildman–Crippen MR) is 72.9 cm³/mol. The lowest BCUT2D eigenvalue weighted by molar-refractivity contribution is -0.0603. The smallest absolute Gasteiger partial charge is 0.271 e. The van der Waals surface area contributed by atoms with Gasteiger partial charge in [0.05, 0.1) is 0 Å². The van der Waals surface area contributed by atoms with Crippen LogP contribution in [0.5, 0.6) is 0 Å². The van der Waals surface area contributed by atoms with E-state index in [-0.39, 0.29) is 0 Å². The van der Waals surface area contributed by atoms with E-state index in [1.54, 1.807) is 0 Å². The average molecular weight is 249 g/mol. The molecule has 92 valence electrons. The van der Waals surface area contributed by atoms with Crippen molar-refractivity contribution in [1.82, 2.24) is 9.29 Å². The maximum Gasteiger partial charge on any atom is 0.271 e. The Morgan fingerprint density at radius 1 is 1.07 bits per heavy atom. The Labute approximate surface area is 98.8 Å². The molecule has 5 heteroatoms. The zero-order chi connectivity index (χ0) is 12.0. The third kappa shape index (κ3) is 5.26. The first kappa shape index (κ1) is 15.3. The van der Waals surface area contributed by atoms with E-state index >= 15 is 0 Å². The zero-order valence-corrected chi connectivity index (χ0v) is 13.8. The largest absolute Gasteiger partial charge is 0.328 e. The molecule has 0 aromatic rings. The second-order valence-electron chi connectivity index (χ2n) is 4.45. The monoisotopic (exact) mass is 248 g/mol. The Hall–Kier alpha value is 0.314. The van der Waals surface area contributed by atoms with E-state index in [9.17, 15) is 0 Å². The number of rotatable bonds is 7. The molecule has 0 bridgehead atoms. The van der Waals surface area contributed by atoms with Crippen LogP contribution in [0.3, 0.4) is 0 Å². The summed E-state index contributed by atoms with van der Waals surface area (Å²) >= 11 is 0.